The van der Waals surface area contributed by atoms with Gasteiger partial charge in [-0.25, -0.2) is 0 Å². The van der Waals surface area contributed by atoms with Gasteiger partial charge in [0.15, 0.2) is 0 Å². The fourth-order valence-electron chi connectivity index (χ4n) is 2.10. The van der Waals surface area contributed by atoms with Gasteiger partial charge in [-0.3, -0.25) is 0 Å². The molecule has 2 heteroatoms. The molecular weight excluding hydrogens is 254 g/mol. The molecule has 0 aliphatic rings. The van der Waals surface area contributed by atoms with E-state index < -0.39 is 0 Å². The lowest BCUT2D eigenvalue weighted by Crippen LogP contribution is -2.22. The molecule has 19 heavy (non-hydrogen) atoms. The minimum Gasteiger partial charge on any atom is -0.316 e. The molecule has 0 saturated heterocycles. The molecular formula is C17H20ClN. The third-order valence-corrected chi connectivity index (χ3v) is 3.57. The molecule has 0 radical (unpaired) electrons. The summed E-state index contributed by atoms with van der Waals surface area (Å²) in [7, 11) is 0. The second-order valence-electron chi connectivity index (χ2n) is 4.89. The lowest BCUT2D eigenvalue weighted by Gasteiger charge is -2.13. The van der Waals surface area contributed by atoms with Crippen molar-refractivity contribution in [3.63, 3.8) is 0 Å². The quantitative estimate of drug-likeness (QED) is 0.775. The van der Waals surface area contributed by atoms with Gasteiger partial charge in [-0.15, -0.1) is 0 Å². The van der Waals surface area contributed by atoms with Gasteiger partial charge in [0.2, 0.25) is 0 Å². The monoisotopic (exact) mass is 273 g/mol. The van der Waals surface area contributed by atoms with Crippen LogP contribution in [0.4, 0.5) is 0 Å². The average molecular weight is 274 g/mol. The average Bonchev–Trinajstić information content (AvgIpc) is 2.46. The van der Waals surface area contributed by atoms with Crippen molar-refractivity contribution >= 4 is 11.6 Å². The van der Waals surface area contributed by atoms with Crippen LogP contribution in [0.2, 0.25) is 5.02 Å². The largest absolute Gasteiger partial charge is 0.316 e. The van der Waals surface area contributed by atoms with Gasteiger partial charge in [0, 0.05) is 11.6 Å². The van der Waals surface area contributed by atoms with Gasteiger partial charge < -0.3 is 5.32 Å². The highest BCUT2D eigenvalue weighted by Crippen LogP contribution is 2.13. The maximum absolute atomic E-state index is 5.87. The summed E-state index contributed by atoms with van der Waals surface area (Å²) >= 11 is 5.87. The summed E-state index contributed by atoms with van der Waals surface area (Å²) in [5.74, 6) is 0.548. The second-order valence-corrected chi connectivity index (χ2v) is 5.33. The maximum atomic E-state index is 5.87. The van der Waals surface area contributed by atoms with Crippen LogP contribution in [-0.2, 0) is 6.42 Å². The van der Waals surface area contributed by atoms with Gasteiger partial charge in [-0.1, -0.05) is 61.0 Å². The molecule has 0 saturated carbocycles. The van der Waals surface area contributed by atoms with Crippen LogP contribution in [0.3, 0.4) is 0 Å². The van der Waals surface area contributed by atoms with E-state index in [4.69, 9.17) is 11.6 Å². The molecule has 2 rings (SSSR count). The number of rotatable bonds is 6. The van der Waals surface area contributed by atoms with Crippen molar-refractivity contribution in [2.75, 3.05) is 13.1 Å². The van der Waals surface area contributed by atoms with E-state index in [9.17, 15) is 0 Å². The molecule has 2 aromatic rings. The minimum atomic E-state index is 0.548. The molecule has 2 aromatic carbocycles. The highest BCUT2D eigenvalue weighted by molar-refractivity contribution is 6.30. The molecule has 0 bridgehead atoms. The normalized spacial score (nSPS) is 12.3. The van der Waals surface area contributed by atoms with Crippen LogP contribution in [0, 0.1) is 0 Å². The molecule has 0 heterocycles. The van der Waals surface area contributed by atoms with Crippen molar-refractivity contribution in [2.45, 2.75) is 19.3 Å². The van der Waals surface area contributed by atoms with Gasteiger partial charge in [-0.2, -0.15) is 0 Å². The van der Waals surface area contributed by atoms with E-state index in [0.717, 1.165) is 24.5 Å². The first-order chi connectivity index (χ1) is 9.25. The Morgan fingerprint density at radius 1 is 1.00 bits per heavy atom. The summed E-state index contributed by atoms with van der Waals surface area (Å²) in [6.45, 7) is 4.26. The SMILES string of the molecule is C[C@H](CNCCc1ccc(Cl)cc1)c1ccccc1. The highest BCUT2D eigenvalue weighted by atomic mass is 35.5. The summed E-state index contributed by atoms with van der Waals surface area (Å²) in [4.78, 5) is 0. The topological polar surface area (TPSA) is 12.0 Å². The van der Waals surface area contributed by atoms with Crippen molar-refractivity contribution in [3.05, 3.63) is 70.7 Å². The highest BCUT2D eigenvalue weighted by Gasteiger charge is 2.03. The summed E-state index contributed by atoms with van der Waals surface area (Å²) < 4.78 is 0. The zero-order chi connectivity index (χ0) is 13.5. The van der Waals surface area contributed by atoms with E-state index in [-0.39, 0.29) is 0 Å². The molecule has 0 amide bonds. The van der Waals surface area contributed by atoms with Gasteiger partial charge in [0.1, 0.15) is 0 Å². The van der Waals surface area contributed by atoms with Crippen LogP contribution < -0.4 is 5.32 Å². The third kappa shape index (κ3) is 4.70. The molecule has 0 spiro atoms. The Morgan fingerprint density at radius 3 is 2.37 bits per heavy atom. The summed E-state index contributed by atoms with van der Waals surface area (Å²) in [5, 5.41) is 4.31. The molecule has 0 fully saturated rings. The van der Waals surface area contributed by atoms with Crippen molar-refractivity contribution in [3.8, 4) is 0 Å². The van der Waals surface area contributed by atoms with E-state index >= 15 is 0 Å². The molecule has 100 valence electrons. The Hall–Kier alpha value is -1.31. The number of nitrogens with one attached hydrogen (secondary N) is 1. The Morgan fingerprint density at radius 2 is 1.68 bits per heavy atom. The maximum Gasteiger partial charge on any atom is 0.0406 e. The fraction of sp³-hybridized carbons (Fsp3) is 0.294. The van der Waals surface area contributed by atoms with Crippen LogP contribution in [-0.4, -0.2) is 13.1 Å². The standard InChI is InChI=1S/C17H20ClN/c1-14(16-5-3-2-4-6-16)13-19-12-11-15-7-9-17(18)10-8-15/h2-10,14,19H,11-13H2,1H3/t14-/m1/s1. The zero-order valence-corrected chi connectivity index (χ0v) is 12.0. The molecule has 0 unspecified atom stereocenters. The summed E-state index contributed by atoms with van der Waals surface area (Å²) in [6.07, 6.45) is 1.04. The molecule has 0 aliphatic heterocycles. The minimum absolute atomic E-state index is 0.548. The van der Waals surface area contributed by atoms with E-state index in [0.29, 0.717) is 5.92 Å². The number of hydrogen-bond acceptors (Lipinski definition) is 1. The van der Waals surface area contributed by atoms with Crippen LogP contribution in [0.25, 0.3) is 0 Å². The van der Waals surface area contributed by atoms with Crippen LogP contribution in [0.1, 0.15) is 24.0 Å². The molecule has 0 aliphatic carbocycles. The molecule has 0 aromatic heterocycles. The zero-order valence-electron chi connectivity index (χ0n) is 11.3. The van der Waals surface area contributed by atoms with Crippen molar-refractivity contribution in [1.82, 2.24) is 5.32 Å². The van der Waals surface area contributed by atoms with Gasteiger partial charge in [0.25, 0.3) is 0 Å². The smallest absolute Gasteiger partial charge is 0.0406 e. The molecule has 1 N–H and O–H groups in total. The Balaban J connectivity index is 1.71. The summed E-state index contributed by atoms with van der Waals surface area (Å²) in [6, 6.07) is 18.7. The van der Waals surface area contributed by atoms with E-state index in [1.165, 1.54) is 11.1 Å². The second kappa shape index (κ2) is 7.32. The third-order valence-electron chi connectivity index (χ3n) is 3.32. The van der Waals surface area contributed by atoms with Crippen LogP contribution in [0.5, 0.6) is 0 Å². The van der Waals surface area contributed by atoms with E-state index in [1.54, 1.807) is 0 Å². The number of halogens is 1. The predicted octanol–water partition coefficient (Wildman–Crippen LogP) is 4.28. The fourth-order valence-corrected chi connectivity index (χ4v) is 2.23. The van der Waals surface area contributed by atoms with Crippen molar-refractivity contribution < 1.29 is 0 Å². The lowest BCUT2D eigenvalue weighted by atomic mass is 10.0. The Labute approximate surface area is 120 Å². The predicted molar refractivity (Wildman–Crippen MR) is 82.9 cm³/mol. The molecule has 1 nitrogen and oxygen atoms in total. The summed E-state index contributed by atoms with van der Waals surface area (Å²) in [5.41, 5.74) is 2.71. The van der Waals surface area contributed by atoms with E-state index in [1.807, 2.05) is 12.1 Å². The first-order valence-corrected chi connectivity index (χ1v) is 7.13. The van der Waals surface area contributed by atoms with Gasteiger partial charge >= 0.3 is 0 Å². The van der Waals surface area contributed by atoms with Crippen LogP contribution >= 0.6 is 11.6 Å². The Bertz CT molecular complexity index is 478. The first-order valence-electron chi connectivity index (χ1n) is 6.76. The van der Waals surface area contributed by atoms with Crippen molar-refractivity contribution in [1.29, 1.82) is 0 Å². The van der Waals surface area contributed by atoms with Crippen molar-refractivity contribution in [2.24, 2.45) is 0 Å². The lowest BCUT2D eigenvalue weighted by molar-refractivity contribution is 0.615. The van der Waals surface area contributed by atoms with E-state index in [2.05, 4.69) is 54.7 Å². The van der Waals surface area contributed by atoms with Crippen LogP contribution in [0.15, 0.2) is 54.6 Å². The number of benzene rings is 2. The molecule has 1 atom stereocenters. The van der Waals surface area contributed by atoms with Gasteiger partial charge in [0.05, 0.1) is 0 Å². The Kier molecular flexibility index (Phi) is 5.44. The number of hydrogen-bond donors (Lipinski definition) is 1. The van der Waals surface area contributed by atoms with Gasteiger partial charge in [-0.05, 0) is 42.1 Å². The first kappa shape index (κ1) is 14.1.